The molecule has 1 amide bonds. The van der Waals surface area contributed by atoms with Crippen molar-refractivity contribution in [1.82, 2.24) is 10.2 Å². The summed E-state index contributed by atoms with van der Waals surface area (Å²) < 4.78 is 0. The van der Waals surface area contributed by atoms with Gasteiger partial charge in [-0.2, -0.15) is 0 Å². The van der Waals surface area contributed by atoms with Crippen LogP contribution in [0.15, 0.2) is 24.3 Å². The van der Waals surface area contributed by atoms with Crippen LogP contribution in [0.1, 0.15) is 63.5 Å². The van der Waals surface area contributed by atoms with E-state index in [-0.39, 0.29) is 11.9 Å². The highest BCUT2D eigenvalue weighted by Crippen LogP contribution is 2.29. The van der Waals surface area contributed by atoms with E-state index in [4.69, 9.17) is 11.6 Å². The molecule has 3 nitrogen and oxygen atoms in total. The molecule has 24 heavy (non-hydrogen) atoms. The van der Waals surface area contributed by atoms with Crippen molar-refractivity contribution in [2.24, 2.45) is 5.92 Å². The zero-order valence-electron chi connectivity index (χ0n) is 14.6. The SMILES string of the molecule is CC1CCN([C@H](C(=O)NC2CCCCC2)c2ccc(Cl)cc2)CC1. The average molecular weight is 349 g/mol. The van der Waals surface area contributed by atoms with Crippen molar-refractivity contribution in [3.05, 3.63) is 34.9 Å². The molecule has 1 aromatic rings. The molecule has 1 aliphatic carbocycles. The largest absolute Gasteiger partial charge is 0.352 e. The van der Waals surface area contributed by atoms with Crippen LogP contribution in [-0.2, 0) is 4.79 Å². The second-order valence-corrected chi connectivity index (χ2v) is 7.95. The fourth-order valence-corrected chi connectivity index (χ4v) is 4.11. The Morgan fingerprint density at radius 3 is 2.33 bits per heavy atom. The van der Waals surface area contributed by atoms with Gasteiger partial charge in [-0.25, -0.2) is 0 Å². The molecule has 0 bridgehead atoms. The molecule has 1 aliphatic heterocycles. The van der Waals surface area contributed by atoms with Gasteiger partial charge in [-0.05, 0) is 62.4 Å². The van der Waals surface area contributed by atoms with Crippen LogP contribution in [0.3, 0.4) is 0 Å². The van der Waals surface area contributed by atoms with Crippen molar-refractivity contribution in [1.29, 1.82) is 0 Å². The Hall–Kier alpha value is -1.06. The summed E-state index contributed by atoms with van der Waals surface area (Å²) in [5, 5.41) is 4.05. The first-order chi connectivity index (χ1) is 11.6. The zero-order valence-corrected chi connectivity index (χ0v) is 15.4. The molecule has 1 atom stereocenters. The number of nitrogens with one attached hydrogen (secondary N) is 1. The third kappa shape index (κ3) is 4.52. The summed E-state index contributed by atoms with van der Waals surface area (Å²) in [4.78, 5) is 15.4. The predicted octanol–water partition coefficient (Wildman–Crippen LogP) is 4.56. The van der Waals surface area contributed by atoms with E-state index in [2.05, 4.69) is 17.1 Å². The number of likely N-dealkylation sites (tertiary alicyclic amines) is 1. The number of carbonyl (C=O) groups excluding carboxylic acids is 1. The molecule has 0 unspecified atom stereocenters. The number of piperidine rings is 1. The van der Waals surface area contributed by atoms with Crippen molar-refractivity contribution < 1.29 is 4.79 Å². The molecule has 1 heterocycles. The Balaban J connectivity index is 1.75. The Labute approximate surface area is 150 Å². The standard InChI is InChI=1S/C20H29ClN2O/c1-15-11-13-23(14-12-15)19(16-7-9-17(21)10-8-16)20(24)22-18-5-3-2-4-6-18/h7-10,15,18-19H,2-6,11-14H2,1H3,(H,22,24)/t19-/m0/s1. The minimum Gasteiger partial charge on any atom is -0.352 e. The van der Waals surface area contributed by atoms with Crippen LogP contribution in [0.25, 0.3) is 0 Å². The lowest BCUT2D eigenvalue weighted by atomic mass is 9.93. The number of hydrogen-bond acceptors (Lipinski definition) is 2. The third-order valence-electron chi connectivity index (χ3n) is 5.57. The molecule has 1 N–H and O–H groups in total. The molecule has 0 radical (unpaired) electrons. The highest BCUT2D eigenvalue weighted by Gasteiger charge is 2.31. The molecule has 2 fully saturated rings. The molecule has 2 aliphatic rings. The smallest absolute Gasteiger partial charge is 0.242 e. The topological polar surface area (TPSA) is 32.3 Å². The van der Waals surface area contributed by atoms with Gasteiger partial charge < -0.3 is 5.32 Å². The number of hydrogen-bond donors (Lipinski definition) is 1. The second-order valence-electron chi connectivity index (χ2n) is 7.52. The predicted molar refractivity (Wildman–Crippen MR) is 99.2 cm³/mol. The van der Waals surface area contributed by atoms with E-state index in [1.165, 1.54) is 32.1 Å². The fourth-order valence-electron chi connectivity index (χ4n) is 3.99. The number of carbonyl (C=O) groups is 1. The molecule has 1 saturated heterocycles. The minimum absolute atomic E-state index is 0.166. The Kier molecular flexibility index (Phi) is 6.18. The van der Waals surface area contributed by atoms with E-state index in [0.29, 0.717) is 6.04 Å². The van der Waals surface area contributed by atoms with Crippen molar-refractivity contribution >= 4 is 17.5 Å². The van der Waals surface area contributed by atoms with E-state index in [9.17, 15) is 4.79 Å². The zero-order chi connectivity index (χ0) is 16.9. The summed E-state index contributed by atoms with van der Waals surface area (Å²) >= 11 is 6.04. The maximum absolute atomic E-state index is 13.1. The van der Waals surface area contributed by atoms with Gasteiger partial charge in [-0.1, -0.05) is 49.9 Å². The van der Waals surface area contributed by atoms with Crippen molar-refractivity contribution in [3.63, 3.8) is 0 Å². The maximum Gasteiger partial charge on any atom is 0.242 e. The van der Waals surface area contributed by atoms with Gasteiger partial charge in [0, 0.05) is 11.1 Å². The van der Waals surface area contributed by atoms with Gasteiger partial charge in [-0.15, -0.1) is 0 Å². The van der Waals surface area contributed by atoms with E-state index in [1.54, 1.807) is 0 Å². The lowest BCUT2D eigenvalue weighted by Crippen LogP contribution is -2.47. The molecule has 1 aromatic carbocycles. The number of nitrogens with zero attached hydrogens (tertiary/aromatic N) is 1. The summed E-state index contributed by atoms with van der Waals surface area (Å²) in [5.41, 5.74) is 1.06. The van der Waals surface area contributed by atoms with Gasteiger partial charge in [0.2, 0.25) is 5.91 Å². The number of rotatable bonds is 4. The minimum atomic E-state index is -0.184. The van der Waals surface area contributed by atoms with Crippen LogP contribution >= 0.6 is 11.6 Å². The normalized spacial score (nSPS) is 22.2. The molecular weight excluding hydrogens is 320 g/mol. The Morgan fingerprint density at radius 1 is 1.08 bits per heavy atom. The molecule has 4 heteroatoms. The van der Waals surface area contributed by atoms with E-state index in [0.717, 1.165) is 42.4 Å². The number of amides is 1. The fraction of sp³-hybridized carbons (Fsp3) is 0.650. The van der Waals surface area contributed by atoms with Crippen molar-refractivity contribution in [2.75, 3.05) is 13.1 Å². The second kappa shape index (κ2) is 8.35. The number of halogens is 1. The molecular formula is C20H29ClN2O. The lowest BCUT2D eigenvalue weighted by Gasteiger charge is -2.37. The monoisotopic (exact) mass is 348 g/mol. The van der Waals surface area contributed by atoms with Gasteiger partial charge in [0.25, 0.3) is 0 Å². The van der Waals surface area contributed by atoms with Gasteiger partial charge in [0.1, 0.15) is 6.04 Å². The maximum atomic E-state index is 13.1. The van der Waals surface area contributed by atoms with Crippen LogP contribution in [0.5, 0.6) is 0 Å². The van der Waals surface area contributed by atoms with Crippen LogP contribution in [0.4, 0.5) is 0 Å². The lowest BCUT2D eigenvalue weighted by molar-refractivity contribution is -0.128. The average Bonchev–Trinajstić information content (AvgIpc) is 2.59. The number of benzene rings is 1. The highest BCUT2D eigenvalue weighted by atomic mass is 35.5. The van der Waals surface area contributed by atoms with Crippen LogP contribution in [0.2, 0.25) is 5.02 Å². The Bertz CT molecular complexity index is 531. The van der Waals surface area contributed by atoms with Gasteiger partial charge in [-0.3, -0.25) is 9.69 Å². The Morgan fingerprint density at radius 2 is 1.71 bits per heavy atom. The first-order valence-corrected chi connectivity index (χ1v) is 9.81. The molecule has 0 spiro atoms. The van der Waals surface area contributed by atoms with Gasteiger partial charge in [0.15, 0.2) is 0 Å². The van der Waals surface area contributed by atoms with Crippen LogP contribution < -0.4 is 5.32 Å². The summed E-state index contributed by atoms with van der Waals surface area (Å²) in [5.74, 6) is 0.923. The molecule has 132 valence electrons. The van der Waals surface area contributed by atoms with Crippen LogP contribution in [-0.4, -0.2) is 29.9 Å². The molecule has 3 rings (SSSR count). The first kappa shape index (κ1) is 17.8. The van der Waals surface area contributed by atoms with E-state index >= 15 is 0 Å². The summed E-state index contributed by atoms with van der Waals surface area (Å²) in [6.45, 7) is 4.29. The first-order valence-electron chi connectivity index (χ1n) is 9.43. The van der Waals surface area contributed by atoms with E-state index in [1.807, 2.05) is 24.3 Å². The molecule has 0 aromatic heterocycles. The van der Waals surface area contributed by atoms with Gasteiger partial charge in [0.05, 0.1) is 0 Å². The summed E-state index contributed by atoms with van der Waals surface area (Å²) in [6, 6.07) is 7.97. The van der Waals surface area contributed by atoms with Gasteiger partial charge >= 0.3 is 0 Å². The van der Waals surface area contributed by atoms with Crippen LogP contribution in [0, 0.1) is 5.92 Å². The van der Waals surface area contributed by atoms with E-state index < -0.39 is 0 Å². The highest BCUT2D eigenvalue weighted by molar-refractivity contribution is 6.30. The van der Waals surface area contributed by atoms with Crippen molar-refractivity contribution in [3.8, 4) is 0 Å². The summed E-state index contributed by atoms with van der Waals surface area (Å²) in [7, 11) is 0. The quantitative estimate of drug-likeness (QED) is 0.864. The summed E-state index contributed by atoms with van der Waals surface area (Å²) in [6.07, 6.45) is 8.35. The van der Waals surface area contributed by atoms with Crippen molar-refractivity contribution in [2.45, 2.75) is 64.0 Å². The third-order valence-corrected chi connectivity index (χ3v) is 5.82. The molecule has 1 saturated carbocycles.